The number of nitrogens with zero attached hydrogens (tertiary/aromatic N) is 5. The fourth-order valence-corrected chi connectivity index (χ4v) is 5.39. The van der Waals surface area contributed by atoms with E-state index in [4.69, 9.17) is 10.5 Å². The summed E-state index contributed by atoms with van der Waals surface area (Å²) in [5, 5.41) is 22.0. The number of allylic oxidation sites excluding steroid dienone is 1. The van der Waals surface area contributed by atoms with Gasteiger partial charge in [-0.25, -0.2) is 4.79 Å². The van der Waals surface area contributed by atoms with Crippen LogP contribution in [0.15, 0.2) is 59.4 Å². The first-order chi connectivity index (χ1) is 19.1. The molecule has 1 fully saturated rings. The number of aromatic nitrogens is 3. The lowest BCUT2D eigenvalue weighted by molar-refractivity contribution is 0.171. The minimum absolute atomic E-state index is 0.0436. The number of aliphatic hydroxyl groups excluding tert-OH is 1. The second kappa shape index (κ2) is 11.2. The number of piperidine rings is 1. The summed E-state index contributed by atoms with van der Waals surface area (Å²) in [6.07, 6.45) is 8.05. The van der Waals surface area contributed by atoms with Gasteiger partial charge in [0.1, 0.15) is 23.4 Å². The van der Waals surface area contributed by atoms with E-state index in [9.17, 15) is 9.90 Å². The second-order valence-corrected chi connectivity index (χ2v) is 11.8. The molecule has 10 nitrogen and oxygen atoms in total. The van der Waals surface area contributed by atoms with Gasteiger partial charge in [0.05, 0.1) is 12.2 Å². The highest BCUT2D eigenvalue weighted by Crippen LogP contribution is 2.39. The number of rotatable bonds is 5. The van der Waals surface area contributed by atoms with Crippen molar-refractivity contribution in [1.29, 1.82) is 0 Å². The van der Waals surface area contributed by atoms with Crippen molar-refractivity contribution in [3.8, 4) is 5.75 Å². The number of ether oxygens (including phenoxy) is 1. The van der Waals surface area contributed by atoms with Gasteiger partial charge < -0.3 is 25.8 Å². The lowest BCUT2D eigenvalue weighted by Crippen LogP contribution is -2.38. The SMILES string of the molecule is C[C@H]1CCCCN1c1nnc2ccc(O[C@@H]3CC[C@H](NC(=O)/N=C(N)\C=C(/O)C(C)(C)C)c4ccccc43)cn12. The molecule has 1 aliphatic heterocycles. The zero-order valence-corrected chi connectivity index (χ0v) is 23.7. The van der Waals surface area contributed by atoms with Crippen molar-refractivity contribution in [2.24, 2.45) is 16.1 Å². The van der Waals surface area contributed by atoms with E-state index in [-0.39, 0.29) is 23.7 Å². The lowest BCUT2D eigenvalue weighted by atomic mass is 9.85. The van der Waals surface area contributed by atoms with Gasteiger partial charge in [0.2, 0.25) is 5.95 Å². The van der Waals surface area contributed by atoms with Crippen LogP contribution in [0.4, 0.5) is 10.7 Å². The van der Waals surface area contributed by atoms with Crippen molar-refractivity contribution in [3.63, 3.8) is 0 Å². The van der Waals surface area contributed by atoms with Crippen LogP contribution in [-0.2, 0) is 0 Å². The number of urea groups is 1. The molecule has 1 saturated heterocycles. The van der Waals surface area contributed by atoms with E-state index in [2.05, 4.69) is 32.3 Å². The maximum atomic E-state index is 12.7. The molecule has 5 rings (SSSR count). The molecule has 2 aliphatic rings. The van der Waals surface area contributed by atoms with Crippen LogP contribution in [-0.4, -0.2) is 44.2 Å². The standard InChI is InChI=1S/C30H39N7O3/c1-19-9-7-8-16-36(19)29-35-34-27-15-12-20(18-37(27)29)40-24-14-13-23(21-10-5-6-11-22(21)24)32-28(39)33-26(31)17-25(38)30(2,3)4/h5-6,10-12,15,17-19,23-24,38H,7-9,13-14,16H2,1-4H3,(H3,31,32,33,39)/b25-17-/t19-,23-,24+/m0/s1. The Bertz CT molecular complexity index is 1440. The first-order valence-corrected chi connectivity index (χ1v) is 14.0. The van der Waals surface area contributed by atoms with E-state index in [1.807, 2.05) is 67.8 Å². The average molecular weight is 546 g/mol. The highest BCUT2D eigenvalue weighted by atomic mass is 16.5. The second-order valence-electron chi connectivity index (χ2n) is 11.8. The van der Waals surface area contributed by atoms with E-state index in [0.29, 0.717) is 18.9 Å². The Hall–Kier alpha value is -4.08. The predicted octanol–water partition coefficient (Wildman–Crippen LogP) is 5.62. The van der Waals surface area contributed by atoms with Crippen LogP contribution in [0.25, 0.3) is 5.65 Å². The van der Waals surface area contributed by atoms with Gasteiger partial charge in [-0.2, -0.15) is 4.99 Å². The number of hydrogen-bond donors (Lipinski definition) is 3. The molecule has 3 atom stereocenters. The molecule has 2 amide bonds. The number of benzene rings is 1. The van der Waals surface area contributed by atoms with E-state index in [0.717, 1.165) is 47.9 Å². The maximum absolute atomic E-state index is 12.7. The molecule has 1 aliphatic carbocycles. The van der Waals surface area contributed by atoms with E-state index in [1.54, 1.807) is 0 Å². The number of fused-ring (bicyclic) bond motifs is 2. The van der Waals surface area contributed by atoms with Crippen LogP contribution in [0.5, 0.6) is 5.75 Å². The monoisotopic (exact) mass is 545 g/mol. The van der Waals surface area contributed by atoms with Gasteiger partial charge in [0.25, 0.3) is 0 Å². The third-order valence-corrected chi connectivity index (χ3v) is 7.71. The van der Waals surface area contributed by atoms with Gasteiger partial charge in [0, 0.05) is 24.1 Å². The Morgan fingerprint density at radius 1 is 1.12 bits per heavy atom. The first-order valence-electron chi connectivity index (χ1n) is 14.0. The third kappa shape index (κ3) is 5.90. The number of nitrogens with two attached hydrogens (primary N) is 1. The van der Waals surface area contributed by atoms with Crippen LogP contribution < -0.4 is 20.7 Å². The predicted molar refractivity (Wildman–Crippen MR) is 156 cm³/mol. The molecular weight excluding hydrogens is 506 g/mol. The molecule has 0 unspecified atom stereocenters. The highest BCUT2D eigenvalue weighted by Gasteiger charge is 2.30. The summed E-state index contributed by atoms with van der Waals surface area (Å²) in [5.41, 5.74) is 8.21. The summed E-state index contributed by atoms with van der Waals surface area (Å²) in [6.45, 7) is 8.76. The van der Waals surface area contributed by atoms with E-state index in [1.165, 1.54) is 12.5 Å². The Labute approximate surface area is 234 Å². The van der Waals surface area contributed by atoms with Crippen LogP contribution in [0.1, 0.15) is 83.1 Å². The molecule has 0 radical (unpaired) electrons. The number of carbonyl (C=O) groups is 1. The molecule has 1 aromatic carbocycles. The fourth-order valence-electron chi connectivity index (χ4n) is 5.39. The highest BCUT2D eigenvalue weighted by molar-refractivity contribution is 5.99. The van der Waals surface area contributed by atoms with Crippen LogP contribution >= 0.6 is 0 Å². The summed E-state index contributed by atoms with van der Waals surface area (Å²) >= 11 is 0. The number of pyridine rings is 1. The van der Waals surface area contributed by atoms with Crippen molar-refractivity contribution < 1.29 is 14.6 Å². The Morgan fingerprint density at radius 3 is 2.65 bits per heavy atom. The molecule has 3 aromatic rings. The number of aliphatic imine (C=N–C) groups is 1. The van der Waals surface area contributed by atoms with Gasteiger partial charge in [-0.15, -0.1) is 10.2 Å². The molecular formula is C30H39N7O3. The summed E-state index contributed by atoms with van der Waals surface area (Å²) in [6, 6.07) is 11.5. The quantitative estimate of drug-likeness (QED) is 0.216. The van der Waals surface area contributed by atoms with Gasteiger partial charge in [-0.1, -0.05) is 45.0 Å². The van der Waals surface area contributed by atoms with Crippen molar-refractivity contribution in [2.75, 3.05) is 11.4 Å². The number of hydrogen-bond acceptors (Lipinski definition) is 6. The zero-order chi connectivity index (χ0) is 28.4. The molecule has 3 heterocycles. The Balaban J connectivity index is 1.32. The molecule has 2 aromatic heterocycles. The summed E-state index contributed by atoms with van der Waals surface area (Å²) in [4.78, 5) is 18.9. The van der Waals surface area contributed by atoms with Gasteiger partial charge >= 0.3 is 6.03 Å². The first kappa shape index (κ1) is 27.5. The number of aliphatic hydroxyl groups is 1. The largest absolute Gasteiger partial charge is 0.512 e. The average Bonchev–Trinajstić information content (AvgIpc) is 3.33. The molecule has 40 heavy (non-hydrogen) atoms. The van der Waals surface area contributed by atoms with Crippen LogP contribution in [0.3, 0.4) is 0 Å². The molecule has 0 bridgehead atoms. The Kier molecular flexibility index (Phi) is 7.69. The third-order valence-electron chi connectivity index (χ3n) is 7.71. The van der Waals surface area contributed by atoms with Gasteiger partial charge in [-0.3, -0.25) is 4.40 Å². The minimum Gasteiger partial charge on any atom is -0.512 e. The molecule has 10 heteroatoms. The topological polar surface area (TPSA) is 130 Å². The van der Waals surface area contributed by atoms with Crippen molar-refractivity contribution >= 4 is 23.5 Å². The normalized spacial score (nSPS) is 22.2. The minimum atomic E-state index is -0.549. The number of carbonyl (C=O) groups excluding carboxylic acids is 1. The Morgan fingerprint density at radius 2 is 1.90 bits per heavy atom. The van der Waals surface area contributed by atoms with Gasteiger partial charge in [-0.05, 0) is 62.3 Å². The fraction of sp³-hybridized carbons (Fsp3) is 0.467. The smallest absolute Gasteiger partial charge is 0.343 e. The maximum Gasteiger partial charge on any atom is 0.343 e. The summed E-state index contributed by atoms with van der Waals surface area (Å²) in [5.74, 6) is 1.61. The number of amidine groups is 1. The van der Waals surface area contributed by atoms with Crippen LogP contribution in [0.2, 0.25) is 0 Å². The number of amides is 2. The molecule has 0 spiro atoms. The zero-order valence-electron chi connectivity index (χ0n) is 23.7. The van der Waals surface area contributed by atoms with Crippen molar-refractivity contribution in [3.05, 3.63) is 65.6 Å². The number of nitrogens with one attached hydrogen (secondary N) is 1. The van der Waals surface area contributed by atoms with Crippen molar-refractivity contribution in [1.82, 2.24) is 19.9 Å². The molecule has 0 saturated carbocycles. The van der Waals surface area contributed by atoms with Gasteiger partial charge in [0.15, 0.2) is 5.65 Å². The molecule has 4 N–H and O–H groups in total. The summed E-state index contributed by atoms with van der Waals surface area (Å²) in [7, 11) is 0. The summed E-state index contributed by atoms with van der Waals surface area (Å²) < 4.78 is 8.55. The molecule has 212 valence electrons. The van der Waals surface area contributed by atoms with Crippen molar-refractivity contribution in [2.45, 2.75) is 78.0 Å². The lowest BCUT2D eigenvalue weighted by Gasteiger charge is -2.33. The van der Waals surface area contributed by atoms with Crippen LogP contribution in [0, 0.1) is 5.41 Å². The van der Waals surface area contributed by atoms with E-state index < -0.39 is 11.4 Å². The van der Waals surface area contributed by atoms with E-state index >= 15 is 0 Å². The number of anilines is 1.